The summed E-state index contributed by atoms with van der Waals surface area (Å²) in [5.74, 6) is -0.887. The molecule has 0 aliphatic heterocycles. The molecule has 1 aliphatic rings. The lowest BCUT2D eigenvalue weighted by atomic mass is 9.75. The zero-order chi connectivity index (χ0) is 13.3. The van der Waals surface area contributed by atoms with E-state index >= 15 is 0 Å². The smallest absolute Gasteiger partial charge is 0.347 e. The van der Waals surface area contributed by atoms with E-state index < -0.39 is 5.97 Å². The SMILES string of the molecule is Cc1nc(NC2CCCC(C)(C)C2)sc1C(=O)O. The van der Waals surface area contributed by atoms with Gasteiger partial charge in [-0.05, 0) is 31.6 Å². The Kier molecular flexibility index (Phi) is 3.61. The summed E-state index contributed by atoms with van der Waals surface area (Å²) in [5.41, 5.74) is 0.975. The number of thiazole rings is 1. The summed E-state index contributed by atoms with van der Waals surface area (Å²) >= 11 is 1.24. The molecule has 0 radical (unpaired) electrons. The van der Waals surface area contributed by atoms with Crippen molar-refractivity contribution in [3.05, 3.63) is 10.6 Å². The molecule has 1 aliphatic carbocycles. The van der Waals surface area contributed by atoms with E-state index in [2.05, 4.69) is 24.1 Å². The van der Waals surface area contributed by atoms with Gasteiger partial charge in [-0.25, -0.2) is 9.78 Å². The number of rotatable bonds is 3. The minimum absolute atomic E-state index is 0.340. The molecule has 1 unspecified atom stereocenters. The molecule has 1 fully saturated rings. The predicted octanol–water partition coefficient (Wildman–Crippen LogP) is 3.53. The monoisotopic (exact) mass is 268 g/mol. The maximum atomic E-state index is 11.0. The fraction of sp³-hybridized carbons (Fsp3) is 0.692. The van der Waals surface area contributed by atoms with Gasteiger partial charge in [0.05, 0.1) is 5.69 Å². The standard InChI is InChI=1S/C13H20N2O2S/c1-8-10(11(16)17)18-12(14-8)15-9-5-4-6-13(2,3)7-9/h9H,4-7H2,1-3H3,(H,14,15)(H,16,17). The average molecular weight is 268 g/mol. The highest BCUT2D eigenvalue weighted by Crippen LogP contribution is 2.37. The van der Waals surface area contributed by atoms with Crippen molar-refractivity contribution in [2.45, 2.75) is 52.5 Å². The average Bonchev–Trinajstić information content (AvgIpc) is 2.58. The molecular formula is C13H20N2O2S. The first kappa shape index (κ1) is 13.3. The maximum absolute atomic E-state index is 11.0. The topological polar surface area (TPSA) is 62.2 Å². The Labute approximate surface area is 111 Å². The molecule has 5 heteroatoms. The normalized spacial score (nSPS) is 22.7. The zero-order valence-corrected chi connectivity index (χ0v) is 11.9. The largest absolute Gasteiger partial charge is 0.477 e. The van der Waals surface area contributed by atoms with E-state index in [0.29, 0.717) is 22.0 Å². The van der Waals surface area contributed by atoms with Crippen molar-refractivity contribution in [1.82, 2.24) is 4.98 Å². The minimum Gasteiger partial charge on any atom is -0.477 e. The van der Waals surface area contributed by atoms with Crippen molar-refractivity contribution in [2.24, 2.45) is 5.41 Å². The van der Waals surface area contributed by atoms with E-state index in [1.807, 2.05) is 0 Å². The lowest BCUT2D eigenvalue weighted by Gasteiger charge is -2.35. The van der Waals surface area contributed by atoms with Gasteiger partial charge in [0.25, 0.3) is 0 Å². The van der Waals surface area contributed by atoms with Gasteiger partial charge in [-0.1, -0.05) is 31.6 Å². The Hall–Kier alpha value is -1.10. The van der Waals surface area contributed by atoms with Crippen LogP contribution in [0, 0.1) is 12.3 Å². The summed E-state index contributed by atoms with van der Waals surface area (Å²) in [4.78, 5) is 15.6. The van der Waals surface area contributed by atoms with Gasteiger partial charge in [0.15, 0.2) is 5.13 Å². The Morgan fingerprint density at radius 3 is 2.83 bits per heavy atom. The van der Waals surface area contributed by atoms with E-state index in [9.17, 15) is 4.79 Å². The van der Waals surface area contributed by atoms with Gasteiger partial charge in [-0.3, -0.25) is 0 Å². The van der Waals surface area contributed by atoms with Crippen LogP contribution in [0.25, 0.3) is 0 Å². The molecule has 0 bridgehead atoms. The molecule has 0 aromatic carbocycles. The summed E-state index contributed by atoms with van der Waals surface area (Å²) in [6.45, 7) is 6.32. The van der Waals surface area contributed by atoms with Crippen molar-refractivity contribution in [3.63, 3.8) is 0 Å². The number of hydrogen-bond acceptors (Lipinski definition) is 4. The first-order valence-corrected chi connectivity index (χ1v) is 7.16. The highest BCUT2D eigenvalue weighted by Gasteiger charge is 2.28. The summed E-state index contributed by atoms with van der Waals surface area (Å²) in [5, 5.41) is 13.2. The first-order chi connectivity index (χ1) is 8.37. The van der Waals surface area contributed by atoms with E-state index in [4.69, 9.17) is 5.11 Å². The van der Waals surface area contributed by atoms with Crippen LogP contribution in [0.1, 0.15) is 54.9 Å². The Bertz CT molecular complexity index is 454. The number of aromatic carboxylic acids is 1. The number of carbonyl (C=O) groups is 1. The van der Waals surface area contributed by atoms with E-state index in [0.717, 1.165) is 18.0 Å². The fourth-order valence-electron chi connectivity index (χ4n) is 2.65. The molecule has 1 saturated carbocycles. The van der Waals surface area contributed by atoms with Gasteiger partial charge in [0.1, 0.15) is 4.88 Å². The second-order valence-electron chi connectivity index (χ2n) is 5.84. The van der Waals surface area contributed by atoms with Crippen LogP contribution < -0.4 is 5.32 Å². The third-order valence-electron chi connectivity index (χ3n) is 3.52. The van der Waals surface area contributed by atoms with E-state index in [1.165, 1.54) is 24.2 Å². The third-order valence-corrected chi connectivity index (χ3v) is 4.60. The highest BCUT2D eigenvalue weighted by atomic mass is 32.1. The molecule has 0 amide bonds. The number of aromatic nitrogens is 1. The zero-order valence-electron chi connectivity index (χ0n) is 11.1. The van der Waals surface area contributed by atoms with Crippen LogP contribution in [0.3, 0.4) is 0 Å². The van der Waals surface area contributed by atoms with Gasteiger partial charge in [-0.15, -0.1) is 0 Å². The molecular weight excluding hydrogens is 248 g/mol. The van der Waals surface area contributed by atoms with Gasteiger partial charge >= 0.3 is 5.97 Å². The first-order valence-electron chi connectivity index (χ1n) is 6.35. The van der Waals surface area contributed by atoms with Gasteiger partial charge in [0, 0.05) is 6.04 Å². The van der Waals surface area contributed by atoms with Crippen molar-refractivity contribution < 1.29 is 9.90 Å². The molecule has 0 spiro atoms. The molecule has 18 heavy (non-hydrogen) atoms. The minimum atomic E-state index is -0.887. The third kappa shape index (κ3) is 3.02. The van der Waals surface area contributed by atoms with Crippen LogP contribution in [0.4, 0.5) is 5.13 Å². The predicted molar refractivity (Wildman–Crippen MR) is 73.5 cm³/mol. The summed E-state index contributed by atoms with van der Waals surface area (Å²) in [6.07, 6.45) is 4.75. The lowest BCUT2D eigenvalue weighted by Crippen LogP contribution is -2.31. The van der Waals surface area contributed by atoms with Crippen LogP contribution in [-0.2, 0) is 0 Å². The molecule has 0 saturated heterocycles. The molecule has 4 nitrogen and oxygen atoms in total. The Balaban J connectivity index is 2.05. The highest BCUT2D eigenvalue weighted by molar-refractivity contribution is 7.17. The summed E-state index contributed by atoms with van der Waals surface area (Å²) in [6, 6.07) is 0.418. The molecule has 1 atom stereocenters. The van der Waals surface area contributed by atoms with Crippen LogP contribution in [0.5, 0.6) is 0 Å². The number of hydrogen-bond donors (Lipinski definition) is 2. The summed E-state index contributed by atoms with van der Waals surface area (Å²) < 4.78 is 0. The summed E-state index contributed by atoms with van der Waals surface area (Å²) in [7, 11) is 0. The van der Waals surface area contributed by atoms with Crippen molar-refractivity contribution >= 4 is 22.4 Å². The van der Waals surface area contributed by atoms with Crippen LogP contribution in [0.15, 0.2) is 0 Å². The van der Waals surface area contributed by atoms with Crippen LogP contribution in [-0.4, -0.2) is 22.1 Å². The number of anilines is 1. The molecule has 2 rings (SSSR count). The van der Waals surface area contributed by atoms with Gasteiger partial charge in [-0.2, -0.15) is 0 Å². The number of carboxylic acid groups (broad SMARTS) is 1. The second-order valence-corrected chi connectivity index (χ2v) is 6.84. The molecule has 1 aromatic rings. The molecule has 1 aromatic heterocycles. The molecule has 100 valence electrons. The Morgan fingerprint density at radius 2 is 2.28 bits per heavy atom. The lowest BCUT2D eigenvalue weighted by molar-refractivity contribution is 0.0701. The number of nitrogens with zero attached hydrogens (tertiary/aromatic N) is 1. The Morgan fingerprint density at radius 1 is 1.56 bits per heavy atom. The van der Waals surface area contributed by atoms with Crippen molar-refractivity contribution in [3.8, 4) is 0 Å². The molecule has 2 N–H and O–H groups in total. The van der Waals surface area contributed by atoms with Crippen molar-refractivity contribution in [2.75, 3.05) is 5.32 Å². The number of nitrogens with one attached hydrogen (secondary N) is 1. The van der Waals surface area contributed by atoms with E-state index in [1.54, 1.807) is 6.92 Å². The van der Waals surface area contributed by atoms with Crippen LogP contribution in [0.2, 0.25) is 0 Å². The van der Waals surface area contributed by atoms with Crippen molar-refractivity contribution in [1.29, 1.82) is 0 Å². The van der Waals surface area contributed by atoms with E-state index in [-0.39, 0.29) is 0 Å². The second kappa shape index (κ2) is 4.88. The fourth-order valence-corrected chi connectivity index (χ4v) is 3.53. The number of aryl methyl sites for hydroxylation is 1. The number of carboxylic acids is 1. The maximum Gasteiger partial charge on any atom is 0.347 e. The van der Waals surface area contributed by atoms with Gasteiger partial charge in [0.2, 0.25) is 0 Å². The van der Waals surface area contributed by atoms with Gasteiger partial charge < -0.3 is 10.4 Å². The molecule has 1 heterocycles. The quantitative estimate of drug-likeness (QED) is 0.880. The van der Waals surface area contributed by atoms with Crippen LogP contribution >= 0.6 is 11.3 Å².